The van der Waals surface area contributed by atoms with Crippen LogP contribution in [0.1, 0.15) is 0 Å². The predicted octanol–water partition coefficient (Wildman–Crippen LogP) is 4.03. The summed E-state index contributed by atoms with van der Waals surface area (Å²) >= 11 is 6.13. The minimum absolute atomic E-state index is 0.319. The lowest BCUT2D eigenvalue weighted by molar-refractivity contribution is 0.405. The average Bonchev–Trinajstić information content (AvgIpc) is 2.64. The minimum atomic E-state index is 0.319. The lowest BCUT2D eigenvalue weighted by atomic mass is 10.2. The smallest absolute Gasteiger partial charge is 0.249 e. The Bertz CT molecular complexity index is 875. The van der Waals surface area contributed by atoms with E-state index >= 15 is 0 Å². The summed E-state index contributed by atoms with van der Waals surface area (Å²) in [5.74, 6) is 2.16. The van der Waals surface area contributed by atoms with Gasteiger partial charge in [0.15, 0.2) is 5.82 Å². The molecular formula is C17H16ClN5O2. The summed E-state index contributed by atoms with van der Waals surface area (Å²) in [6.07, 6.45) is 1.51. The largest absolute Gasteiger partial charge is 0.497 e. The van der Waals surface area contributed by atoms with Crippen LogP contribution in [0.25, 0.3) is 0 Å². The van der Waals surface area contributed by atoms with E-state index in [0.717, 1.165) is 0 Å². The van der Waals surface area contributed by atoms with Crippen LogP contribution in [0.5, 0.6) is 11.5 Å². The molecule has 8 heteroatoms. The summed E-state index contributed by atoms with van der Waals surface area (Å²) in [5.41, 5.74) is 1.40. The number of hydrogen-bond acceptors (Lipinski definition) is 7. The maximum atomic E-state index is 6.13. The van der Waals surface area contributed by atoms with E-state index in [1.54, 1.807) is 26.4 Å². The van der Waals surface area contributed by atoms with E-state index < -0.39 is 0 Å². The first-order chi connectivity index (χ1) is 12.2. The number of halogens is 1. The number of nitrogens with zero attached hydrogens (tertiary/aromatic N) is 3. The van der Waals surface area contributed by atoms with Crippen molar-refractivity contribution >= 4 is 34.7 Å². The molecule has 3 rings (SSSR count). The Balaban J connectivity index is 1.84. The quantitative estimate of drug-likeness (QED) is 0.689. The van der Waals surface area contributed by atoms with Gasteiger partial charge in [-0.25, -0.2) is 0 Å². The second-order valence-electron chi connectivity index (χ2n) is 4.96. The van der Waals surface area contributed by atoms with Crippen molar-refractivity contribution < 1.29 is 9.47 Å². The van der Waals surface area contributed by atoms with Crippen molar-refractivity contribution in [3.05, 3.63) is 53.7 Å². The number of benzene rings is 2. The van der Waals surface area contributed by atoms with Crippen LogP contribution in [0.4, 0.5) is 23.1 Å². The molecule has 0 unspecified atom stereocenters. The fraction of sp³-hybridized carbons (Fsp3) is 0.118. The number of methoxy groups -OCH3 is 2. The van der Waals surface area contributed by atoms with Gasteiger partial charge in [-0.3, -0.25) is 0 Å². The fourth-order valence-electron chi connectivity index (χ4n) is 2.15. The summed E-state index contributed by atoms with van der Waals surface area (Å²) in [4.78, 5) is 4.38. The predicted molar refractivity (Wildman–Crippen MR) is 97.4 cm³/mol. The molecule has 25 heavy (non-hydrogen) atoms. The topological polar surface area (TPSA) is 81.2 Å². The highest BCUT2D eigenvalue weighted by molar-refractivity contribution is 6.33. The van der Waals surface area contributed by atoms with Crippen molar-refractivity contribution in [1.82, 2.24) is 15.2 Å². The Morgan fingerprint density at radius 3 is 2.56 bits per heavy atom. The van der Waals surface area contributed by atoms with Gasteiger partial charge in [-0.05, 0) is 24.3 Å². The van der Waals surface area contributed by atoms with Gasteiger partial charge in [-0.2, -0.15) is 10.1 Å². The summed E-state index contributed by atoms with van der Waals surface area (Å²) in [5, 5.41) is 14.7. The fourth-order valence-corrected chi connectivity index (χ4v) is 2.33. The van der Waals surface area contributed by atoms with Crippen molar-refractivity contribution in [3.8, 4) is 11.5 Å². The zero-order chi connectivity index (χ0) is 17.6. The summed E-state index contributed by atoms with van der Waals surface area (Å²) < 4.78 is 10.6. The molecule has 0 saturated carbocycles. The van der Waals surface area contributed by atoms with E-state index in [2.05, 4.69) is 25.8 Å². The lowest BCUT2D eigenvalue weighted by Crippen LogP contribution is -2.03. The molecule has 0 spiro atoms. The van der Waals surface area contributed by atoms with Gasteiger partial charge in [0.05, 0.1) is 36.8 Å². The minimum Gasteiger partial charge on any atom is -0.497 e. The Morgan fingerprint density at radius 2 is 1.80 bits per heavy atom. The van der Waals surface area contributed by atoms with E-state index in [-0.39, 0.29) is 0 Å². The van der Waals surface area contributed by atoms with Crippen LogP contribution in [0.3, 0.4) is 0 Å². The Hall–Kier alpha value is -3.06. The monoisotopic (exact) mass is 357 g/mol. The molecule has 0 atom stereocenters. The van der Waals surface area contributed by atoms with Crippen LogP contribution in [0.15, 0.2) is 48.7 Å². The molecule has 2 N–H and O–H groups in total. The second kappa shape index (κ2) is 7.67. The highest BCUT2D eigenvalue weighted by Gasteiger charge is 2.08. The Labute approximate surface area is 150 Å². The molecule has 1 aromatic heterocycles. The third-order valence-electron chi connectivity index (χ3n) is 3.35. The maximum Gasteiger partial charge on any atom is 0.249 e. The highest BCUT2D eigenvalue weighted by atomic mass is 35.5. The number of hydrogen-bond donors (Lipinski definition) is 2. The van der Waals surface area contributed by atoms with Crippen LogP contribution < -0.4 is 20.1 Å². The molecular weight excluding hydrogens is 342 g/mol. The van der Waals surface area contributed by atoms with Crippen LogP contribution >= 0.6 is 11.6 Å². The van der Waals surface area contributed by atoms with Gasteiger partial charge in [0.25, 0.3) is 0 Å². The van der Waals surface area contributed by atoms with Crippen LogP contribution in [0.2, 0.25) is 5.02 Å². The molecule has 2 aromatic carbocycles. The Kier molecular flexibility index (Phi) is 5.15. The lowest BCUT2D eigenvalue weighted by Gasteiger charge is -2.12. The van der Waals surface area contributed by atoms with Gasteiger partial charge in [-0.15, -0.1) is 5.10 Å². The van der Waals surface area contributed by atoms with Crippen molar-refractivity contribution in [3.63, 3.8) is 0 Å². The van der Waals surface area contributed by atoms with Gasteiger partial charge < -0.3 is 20.1 Å². The van der Waals surface area contributed by atoms with Crippen LogP contribution in [-0.4, -0.2) is 29.4 Å². The van der Waals surface area contributed by atoms with Crippen molar-refractivity contribution in [1.29, 1.82) is 0 Å². The molecule has 3 aromatic rings. The van der Waals surface area contributed by atoms with E-state index in [0.29, 0.717) is 39.7 Å². The zero-order valence-electron chi connectivity index (χ0n) is 13.7. The standard InChI is InChI=1S/C17H16ClN5O2/c1-24-11-7-8-15(25-2)14(9-11)20-16-10-19-23-17(22-16)21-13-6-4-3-5-12(13)18/h3-10H,1-2H3,(H2,20,21,22,23). The molecule has 0 aliphatic carbocycles. The first-order valence-electron chi connectivity index (χ1n) is 7.40. The number of ether oxygens (including phenoxy) is 2. The first-order valence-corrected chi connectivity index (χ1v) is 7.77. The molecule has 0 aliphatic rings. The second-order valence-corrected chi connectivity index (χ2v) is 5.37. The summed E-state index contributed by atoms with van der Waals surface area (Å²) in [6, 6.07) is 12.7. The normalized spacial score (nSPS) is 10.2. The van der Waals surface area contributed by atoms with E-state index in [9.17, 15) is 0 Å². The Morgan fingerprint density at radius 1 is 0.960 bits per heavy atom. The third kappa shape index (κ3) is 4.07. The number of anilines is 4. The van der Waals surface area contributed by atoms with E-state index in [4.69, 9.17) is 21.1 Å². The van der Waals surface area contributed by atoms with Gasteiger partial charge >= 0.3 is 0 Å². The maximum absolute atomic E-state index is 6.13. The number of aromatic nitrogens is 3. The molecule has 0 bridgehead atoms. The number of para-hydroxylation sites is 1. The van der Waals surface area contributed by atoms with Crippen molar-refractivity contribution in [2.45, 2.75) is 0 Å². The van der Waals surface area contributed by atoms with Crippen LogP contribution in [-0.2, 0) is 0 Å². The summed E-state index contributed by atoms with van der Waals surface area (Å²) in [6.45, 7) is 0. The third-order valence-corrected chi connectivity index (χ3v) is 3.68. The molecule has 0 fully saturated rings. The molecule has 7 nitrogen and oxygen atoms in total. The molecule has 0 aliphatic heterocycles. The highest BCUT2D eigenvalue weighted by Crippen LogP contribution is 2.31. The zero-order valence-corrected chi connectivity index (χ0v) is 14.4. The number of nitrogens with one attached hydrogen (secondary N) is 2. The SMILES string of the molecule is COc1ccc(OC)c(Nc2cnnc(Nc3ccccc3Cl)n2)c1. The van der Waals surface area contributed by atoms with Crippen molar-refractivity contribution in [2.24, 2.45) is 0 Å². The first kappa shape index (κ1) is 16.8. The molecule has 128 valence electrons. The van der Waals surface area contributed by atoms with Gasteiger partial charge in [0.2, 0.25) is 5.95 Å². The van der Waals surface area contributed by atoms with Gasteiger partial charge in [0, 0.05) is 6.07 Å². The van der Waals surface area contributed by atoms with Gasteiger partial charge in [0.1, 0.15) is 11.5 Å². The summed E-state index contributed by atoms with van der Waals surface area (Å²) in [7, 11) is 3.19. The van der Waals surface area contributed by atoms with Crippen LogP contribution in [0, 0.1) is 0 Å². The molecule has 0 amide bonds. The van der Waals surface area contributed by atoms with E-state index in [1.807, 2.05) is 30.3 Å². The number of rotatable bonds is 6. The molecule has 0 saturated heterocycles. The van der Waals surface area contributed by atoms with Gasteiger partial charge in [-0.1, -0.05) is 23.7 Å². The van der Waals surface area contributed by atoms with E-state index in [1.165, 1.54) is 6.20 Å². The average molecular weight is 358 g/mol. The van der Waals surface area contributed by atoms with Crippen molar-refractivity contribution in [2.75, 3.05) is 24.9 Å². The molecule has 1 heterocycles. The molecule has 0 radical (unpaired) electrons.